The van der Waals surface area contributed by atoms with Gasteiger partial charge in [0.05, 0.1) is 0 Å². The van der Waals surface area contributed by atoms with Crippen molar-refractivity contribution in [2.24, 2.45) is 0 Å². The Morgan fingerprint density at radius 1 is 1.00 bits per heavy atom. The molecule has 114 valence electrons. The van der Waals surface area contributed by atoms with E-state index in [1.165, 1.54) is 0 Å². The van der Waals surface area contributed by atoms with Gasteiger partial charge in [0.1, 0.15) is 0 Å². The zero-order valence-electron chi connectivity index (χ0n) is 10.2. The van der Waals surface area contributed by atoms with Gasteiger partial charge in [0.15, 0.2) is 0 Å². The zero-order chi connectivity index (χ0) is 14.9. The summed E-state index contributed by atoms with van der Waals surface area (Å²) < 4.78 is 71.6. The molecule has 0 aromatic heterocycles. The predicted octanol–water partition coefficient (Wildman–Crippen LogP) is 4.29. The Bertz CT molecular complexity index is 304. The first kappa shape index (κ1) is 18.8. The minimum absolute atomic E-state index is 0.238. The van der Waals surface area contributed by atoms with E-state index in [9.17, 15) is 26.2 Å². The lowest BCUT2D eigenvalue weighted by Crippen LogP contribution is -2.34. The lowest BCUT2D eigenvalue weighted by Gasteiger charge is -2.15. The van der Waals surface area contributed by atoms with Crippen molar-refractivity contribution in [3.63, 3.8) is 0 Å². The minimum atomic E-state index is -5.60. The van der Waals surface area contributed by atoms with E-state index in [2.05, 4.69) is 0 Å². The van der Waals surface area contributed by atoms with Gasteiger partial charge in [-0.3, -0.25) is 4.21 Å². The van der Waals surface area contributed by atoms with Crippen LogP contribution >= 0.6 is 11.6 Å². The molecule has 0 saturated heterocycles. The number of alkyl halides is 6. The Balaban J connectivity index is 3.90. The Morgan fingerprint density at radius 2 is 1.58 bits per heavy atom. The molecule has 0 aliphatic carbocycles. The van der Waals surface area contributed by atoms with Crippen LogP contribution in [-0.2, 0) is 10.8 Å². The molecule has 1 nitrogen and oxygen atoms in total. The van der Waals surface area contributed by atoms with Crippen LogP contribution in [0.5, 0.6) is 0 Å². The summed E-state index contributed by atoms with van der Waals surface area (Å²) in [4.78, 5) is 0. The fourth-order valence-corrected chi connectivity index (χ4v) is 2.38. The van der Waals surface area contributed by atoms with E-state index in [0.717, 1.165) is 19.3 Å². The van der Waals surface area contributed by atoms with E-state index in [0.29, 0.717) is 24.1 Å². The maximum atomic E-state index is 12.4. The van der Waals surface area contributed by atoms with E-state index < -0.39 is 22.9 Å². The van der Waals surface area contributed by atoms with Crippen LogP contribution in [0.3, 0.4) is 0 Å². The monoisotopic (exact) mass is 326 g/mol. The molecule has 0 N–H and O–H groups in total. The molecule has 8 heteroatoms. The van der Waals surface area contributed by atoms with Crippen LogP contribution in [0.2, 0.25) is 0 Å². The molecule has 1 unspecified atom stereocenters. The SMILES string of the molecule is O=S(C/C=C/C(F)(F)C(F)(F)F)CCCCCCCl. The Kier molecular flexibility index (Phi) is 8.81. The van der Waals surface area contributed by atoms with E-state index in [1.807, 2.05) is 0 Å². The first-order chi connectivity index (χ1) is 8.70. The Morgan fingerprint density at radius 3 is 2.11 bits per heavy atom. The average Bonchev–Trinajstić information content (AvgIpc) is 2.27. The fraction of sp³-hybridized carbons (Fsp3) is 0.818. The Hall–Kier alpha value is -0.170. The van der Waals surface area contributed by atoms with Crippen LogP contribution in [0.25, 0.3) is 0 Å². The molecule has 0 rings (SSSR count). The summed E-state index contributed by atoms with van der Waals surface area (Å²) in [5, 5.41) is 0. The molecule has 19 heavy (non-hydrogen) atoms. The smallest absolute Gasteiger partial charge is 0.259 e. The highest BCUT2D eigenvalue weighted by Gasteiger charge is 2.55. The van der Waals surface area contributed by atoms with Crippen molar-refractivity contribution in [3.05, 3.63) is 12.2 Å². The van der Waals surface area contributed by atoms with Crippen molar-refractivity contribution in [3.8, 4) is 0 Å². The molecular formula is C11H16ClF5OS. The van der Waals surface area contributed by atoms with Gasteiger partial charge >= 0.3 is 12.1 Å². The maximum Gasteiger partial charge on any atom is 0.457 e. The molecule has 0 aliphatic heterocycles. The largest absolute Gasteiger partial charge is 0.457 e. The summed E-state index contributed by atoms with van der Waals surface area (Å²) in [5.41, 5.74) is 0. The third-order valence-corrected chi connectivity index (χ3v) is 3.82. The van der Waals surface area contributed by atoms with Gasteiger partial charge in [0, 0.05) is 28.2 Å². The van der Waals surface area contributed by atoms with Crippen molar-refractivity contribution in [1.82, 2.24) is 0 Å². The van der Waals surface area contributed by atoms with Crippen molar-refractivity contribution in [1.29, 1.82) is 0 Å². The summed E-state index contributed by atoms with van der Waals surface area (Å²) in [6.07, 6.45) is -2.00. The molecule has 0 bridgehead atoms. The second-order valence-electron chi connectivity index (χ2n) is 3.94. The van der Waals surface area contributed by atoms with Crippen molar-refractivity contribution >= 4 is 22.4 Å². The average molecular weight is 327 g/mol. The second kappa shape index (κ2) is 8.89. The van der Waals surface area contributed by atoms with Crippen LogP contribution in [0.1, 0.15) is 25.7 Å². The highest BCUT2D eigenvalue weighted by molar-refractivity contribution is 7.85. The molecule has 0 aliphatic rings. The van der Waals surface area contributed by atoms with Crippen molar-refractivity contribution < 1.29 is 26.2 Å². The van der Waals surface area contributed by atoms with E-state index >= 15 is 0 Å². The van der Waals surface area contributed by atoms with Gasteiger partial charge in [-0.2, -0.15) is 22.0 Å². The van der Waals surface area contributed by atoms with Crippen LogP contribution in [0.4, 0.5) is 22.0 Å². The zero-order valence-corrected chi connectivity index (χ0v) is 11.8. The lowest BCUT2D eigenvalue weighted by atomic mass is 10.2. The molecule has 0 aromatic carbocycles. The quantitative estimate of drug-likeness (QED) is 0.267. The topological polar surface area (TPSA) is 17.1 Å². The van der Waals surface area contributed by atoms with Gasteiger partial charge in [0.25, 0.3) is 0 Å². The maximum absolute atomic E-state index is 12.4. The molecule has 0 fully saturated rings. The number of hydrogen-bond acceptors (Lipinski definition) is 1. The minimum Gasteiger partial charge on any atom is -0.259 e. The second-order valence-corrected chi connectivity index (χ2v) is 5.94. The summed E-state index contributed by atoms with van der Waals surface area (Å²) in [6, 6.07) is 0. The molecule has 1 atom stereocenters. The summed E-state index contributed by atoms with van der Waals surface area (Å²) in [7, 11) is -1.41. The van der Waals surface area contributed by atoms with Gasteiger partial charge in [0.2, 0.25) is 0 Å². The molecule has 0 heterocycles. The molecule has 0 spiro atoms. The predicted molar refractivity (Wildman–Crippen MR) is 67.2 cm³/mol. The molecule has 0 amide bonds. The third kappa shape index (κ3) is 8.57. The van der Waals surface area contributed by atoms with Gasteiger partial charge in [-0.25, -0.2) is 0 Å². The molecular weight excluding hydrogens is 311 g/mol. The molecule has 0 radical (unpaired) electrons. The summed E-state index contributed by atoms with van der Waals surface area (Å²) in [6.45, 7) is 0. The van der Waals surface area contributed by atoms with E-state index in [1.54, 1.807) is 0 Å². The van der Waals surface area contributed by atoms with Gasteiger partial charge in [-0.1, -0.05) is 18.9 Å². The van der Waals surface area contributed by atoms with Gasteiger partial charge < -0.3 is 0 Å². The molecule has 0 saturated carbocycles. The highest BCUT2D eigenvalue weighted by atomic mass is 35.5. The lowest BCUT2D eigenvalue weighted by molar-refractivity contribution is -0.259. The number of halogens is 6. The van der Waals surface area contributed by atoms with E-state index in [4.69, 9.17) is 11.6 Å². The van der Waals surface area contributed by atoms with Crippen molar-refractivity contribution in [2.75, 3.05) is 17.4 Å². The Labute approximate surface area is 116 Å². The van der Waals surface area contributed by atoms with Gasteiger partial charge in [-0.15, -0.1) is 11.6 Å². The van der Waals surface area contributed by atoms with Crippen molar-refractivity contribution in [2.45, 2.75) is 37.8 Å². The normalized spacial score (nSPS) is 15.1. The van der Waals surface area contributed by atoms with Gasteiger partial charge in [-0.05, 0) is 18.9 Å². The number of unbranched alkanes of at least 4 members (excludes halogenated alkanes) is 3. The number of rotatable bonds is 9. The first-order valence-electron chi connectivity index (χ1n) is 5.74. The van der Waals surface area contributed by atoms with Crippen LogP contribution in [-0.4, -0.2) is 33.7 Å². The van der Waals surface area contributed by atoms with E-state index in [-0.39, 0.29) is 11.8 Å². The first-order valence-corrected chi connectivity index (χ1v) is 7.76. The summed E-state index contributed by atoms with van der Waals surface area (Å²) in [5.74, 6) is -4.30. The summed E-state index contributed by atoms with van der Waals surface area (Å²) >= 11 is 5.46. The van der Waals surface area contributed by atoms with Crippen LogP contribution in [0, 0.1) is 0 Å². The fourth-order valence-electron chi connectivity index (χ4n) is 1.19. The highest BCUT2D eigenvalue weighted by Crippen LogP contribution is 2.36. The standard InChI is InChI=1S/C11H16ClF5OS/c12-7-3-1-2-4-8-19(18)9-5-6-10(13,14)11(15,16)17/h5-6H,1-4,7-9H2/b6-5+. The number of allylic oxidation sites excluding steroid dienone is 1. The van der Waals surface area contributed by atoms with Crippen LogP contribution in [0.15, 0.2) is 12.2 Å². The van der Waals surface area contributed by atoms with Crippen LogP contribution < -0.4 is 0 Å². The number of hydrogen-bond donors (Lipinski definition) is 0. The molecule has 0 aromatic rings. The third-order valence-electron chi connectivity index (χ3n) is 2.24.